The van der Waals surface area contributed by atoms with Crippen molar-refractivity contribution in [3.63, 3.8) is 0 Å². The first kappa shape index (κ1) is 13.0. The molecule has 18 heavy (non-hydrogen) atoms. The molecule has 0 aliphatic heterocycles. The lowest BCUT2D eigenvalue weighted by atomic mass is 10.1. The molecule has 0 unspecified atom stereocenters. The molecule has 0 aliphatic rings. The van der Waals surface area contributed by atoms with Crippen LogP contribution in [-0.4, -0.2) is 0 Å². The van der Waals surface area contributed by atoms with Gasteiger partial charge in [-0.25, -0.2) is 0 Å². The van der Waals surface area contributed by atoms with Gasteiger partial charge in [0.25, 0.3) is 0 Å². The number of ether oxygens (including phenoxy) is 1. The first-order valence-corrected chi connectivity index (χ1v) is 6.60. The number of nitrogen functional groups attached to an aromatic ring is 1. The van der Waals surface area contributed by atoms with Crippen LogP contribution in [0.5, 0.6) is 5.75 Å². The molecule has 2 nitrogen and oxygen atoms in total. The van der Waals surface area contributed by atoms with Gasteiger partial charge >= 0.3 is 0 Å². The van der Waals surface area contributed by atoms with Crippen LogP contribution in [0.4, 0.5) is 5.69 Å². The summed E-state index contributed by atoms with van der Waals surface area (Å²) in [7, 11) is 0. The van der Waals surface area contributed by atoms with E-state index in [1.165, 1.54) is 0 Å². The van der Waals surface area contributed by atoms with Gasteiger partial charge in [0, 0.05) is 15.7 Å². The standard InChI is InChI=1S/C15H16BrNO/c1-10-3-8-14(17)11(2)15(10)18-9-12-4-6-13(16)7-5-12/h3-8H,9,17H2,1-2H3. The second kappa shape index (κ2) is 5.44. The van der Waals surface area contributed by atoms with Crippen LogP contribution in [0.2, 0.25) is 0 Å². The van der Waals surface area contributed by atoms with Crippen molar-refractivity contribution < 1.29 is 4.74 Å². The summed E-state index contributed by atoms with van der Waals surface area (Å²) >= 11 is 3.42. The molecule has 0 aromatic heterocycles. The summed E-state index contributed by atoms with van der Waals surface area (Å²) in [5.74, 6) is 0.887. The highest BCUT2D eigenvalue weighted by molar-refractivity contribution is 9.10. The number of rotatable bonds is 3. The van der Waals surface area contributed by atoms with Crippen LogP contribution >= 0.6 is 15.9 Å². The molecular weight excluding hydrogens is 290 g/mol. The SMILES string of the molecule is Cc1ccc(N)c(C)c1OCc1ccc(Br)cc1. The van der Waals surface area contributed by atoms with Gasteiger partial charge in [-0.15, -0.1) is 0 Å². The minimum absolute atomic E-state index is 0.554. The summed E-state index contributed by atoms with van der Waals surface area (Å²) in [6.07, 6.45) is 0. The Labute approximate surface area is 116 Å². The van der Waals surface area contributed by atoms with Gasteiger partial charge in [0.2, 0.25) is 0 Å². The van der Waals surface area contributed by atoms with Crippen molar-refractivity contribution in [1.29, 1.82) is 0 Å². The smallest absolute Gasteiger partial charge is 0.127 e. The number of aryl methyl sites for hydroxylation is 1. The van der Waals surface area contributed by atoms with Crippen LogP contribution in [0.3, 0.4) is 0 Å². The summed E-state index contributed by atoms with van der Waals surface area (Å²) in [5.41, 5.74) is 9.92. The Morgan fingerprint density at radius 1 is 1.06 bits per heavy atom. The molecule has 0 bridgehead atoms. The predicted octanol–water partition coefficient (Wildman–Crippen LogP) is 4.23. The van der Waals surface area contributed by atoms with Gasteiger partial charge < -0.3 is 10.5 Å². The molecule has 2 rings (SSSR count). The summed E-state index contributed by atoms with van der Waals surface area (Å²) in [6.45, 7) is 4.57. The molecule has 0 saturated carbocycles. The highest BCUT2D eigenvalue weighted by atomic mass is 79.9. The van der Waals surface area contributed by atoms with Gasteiger partial charge in [-0.1, -0.05) is 34.1 Å². The van der Waals surface area contributed by atoms with Gasteiger partial charge in [-0.05, 0) is 43.2 Å². The average Bonchev–Trinajstić information content (AvgIpc) is 2.36. The average molecular weight is 306 g/mol. The van der Waals surface area contributed by atoms with Gasteiger partial charge in [0.05, 0.1) is 0 Å². The van der Waals surface area contributed by atoms with Gasteiger partial charge in [-0.2, -0.15) is 0 Å². The largest absolute Gasteiger partial charge is 0.488 e. The van der Waals surface area contributed by atoms with Crippen LogP contribution in [0.1, 0.15) is 16.7 Å². The fraction of sp³-hybridized carbons (Fsp3) is 0.200. The molecule has 0 aliphatic carbocycles. The number of benzene rings is 2. The zero-order valence-corrected chi connectivity index (χ0v) is 12.1. The maximum absolute atomic E-state index is 5.89. The van der Waals surface area contributed by atoms with E-state index in [4.69, 9.17) is 10.5 Å². The lowest BCUT2D eigenvalue weighted by Gasteiger charge is -2.13. The second-order valence-electron chi connectivity index (χ2n) is 4.34. The Hall–Kier alpha value is -1.48. The molecule has 0 amide bonds. The van der Waals surface area contributed by atoms with Crippen molar-refractivity contribution in [3.05, 3.63) is 57.6 Å². The summed E-state index contributed by atoms with van der Waals surface area (Å²) in [4.78, 5) is 0. The van der Waals surface area contributed by atoms with E-state index in [2.05, 4.69) is 15.9 Å². The fourth-order valence-electron chi connectivity index (χ4n) is 1.80. The number of anilines is 1. The monoisotopic (exact) mass is 305 g/mol. The highest BCUT2D eigenvalue weighted by Crippen LogP contribution is 2.28. The zero-order valence-electron chi connectivity index (χ0n) is 10.5. The van der Waals surface area contributed by atoms with E-state index >= 15 is 0 Å². The number of nitrogens with two attached hydrogens (primary N) is 1. The number of hydrogen-bond acceptors (Lipinski definition) is 2. The molecular formula is C15H16BrNO. The number of hydrogen-bond donors (Lipinski definition) is 1. The summed E-state index contributed by atoms with van der Waals surface area (Å²) in [6, 6.07) is 12.0. The zero-order chi connectivity index (χ0) is 13.1. The molecule has 94 valence electrons. The van der Waals surface area contributed by atoms with Crippen molar-refractivity contribution in [2.24, 2.45) is 0 Å². The molecule has 0 heterocycles. The van der Waals surface area contributed by atoms with E-state index in [0.717, 1.165) is 32.6 Å². The fourth-order valence-corrected chi connectivity index (χ4v) is 2.06. The molecule has 0 spiro atoms. The third-order valence-corrected chi connectivity index (χ3v) is 3.47. The third-order valence-electron chi connectivity index (χ3n) is 2.94. The lowest BCUT2D eigenvalue weighted by molar-refractivity contribution is 0.302. The second-order valence-corrected chi connectivity index (χ2v) is 5.26. The Kier molecular flexibility index (Phi) is 3.92. The Morgan fingerprint density at radius 2 is 1.72 bits per heavy atom. The van der Waals surface area contributed by atoms with Gasteiger partial charge in [0.15, 0.2) is 0 Å². The van der Waals surface area contributed by atoms with Crippen LogP contribution in [-0.2, 0) is 6.61 Å². The normalized spacial score (nSPS) is 10.4. The molecule has 0 radical (unpaired) electrons. The minimum Gasteiger partial charge on any atom is -0.488 e. The molecule has 2 aromatic rings. The highest BCUT2D eigenvalue weighted by Gasteiger charge is 2.07. The Morgan fingerprint density at radius 3 is 2.39 bits per heavy atom. The summed E-state index contributed by atoms with van der Waals surface area (Å²) < 4.78 is 6.95. The van der Waals surface area contributed by atoms with Crippen LogP contribution < -0.4 is 10.5 Å². The number of halogens is 1. The van der Waals surface area contributed by atoms with Crippen LogP contribution in [0.15, 0.2) is 40.9 Å². The summed E-state index contributed by atoms with van der Waals surface area (Å²) in [5, 5.41) is 0. The van der Waals surface area contributed by atoms with Crippen LogP contribution in [0.25, 0.3) is 0 Å². The van der Waals surface area contributed by atoms with Crippen molar-refractivity contribution in [2.75, 3.05) is 5.73 Å². The van der Waals surface area contributed by atoms with Crippen molar-refractivity contribution in [3.8, 4) is 5.75 Å². The van der Waals surface area contributed by atoms with Crippen LogP contribution in [0, 0.1) is 13.8 Å². The van der Waals surface area contributed by atoms with Crippen molar-refractivity contribution in [1.82, 2.24) is 0 Å². The van der Waals surface area contributed by atoms with Gasteiger partial charge in [0.1, 0.15) is 12.4 Å². The molecule has 0 fully saturated rings. The van der Waals surface area contributed by atoms with E-state index in [1.807, 2.05) is 50.2 Å². The van der Waals surface area contributed by atoms with E-state index < -0.39 is 0 Å². The van der Waals surface area contributed by atoms with Crippen molar-refractivity contribution >= 4 is 21.6 Å². The minimum atomic E-state index is 0.554. The first-order chi connectivity index (χ1) is 8.58. The van der Waals surface area contributed by atoms with E-state index in [-0.39, 0.29) is 0 Å². The maximum atomic E-state index is 5.89. The maximum Gasteiger partial charge on any atom is 0.127 e. The molecule has 0 atom stereocenters. The molecule has 3 heteroatoms. The quantitative estimate of drug-likeness (QED) is 0.861. The molecule has 0 saturated heterocycles. The predicted molar refractivity (Wildman–Crippen MR) is 78.8 cm³/mol. The van der Waals surface area contributed by atoms with Gasteiger partial charge in [-0.3, -0.25) is 0 Å². The Balaban J connectivity index is 2.15. The topological polar surface area (TPSA) is 35.2 Å². The third kappa shape index (κ3) is 2.85. The van der Waals surface area contributed by atoms with E-state index in [0.29, 0.717) is 6.61 Å². The van der Waals surface area contributed by atoms with E-state index in [9.17, 15) is 0 Å². The molecule has 2 N–H and O–H groups in total. The lowest BCUT2D eigenvalue weighted by Crippen LogP contribution is -2.01. The Bertz CT molecular complexity index is 549. The molecule has 2 aromatic carbocycles. The first-order valence-electron chi connectivity index (χ1n) is 5.81. The van der Waals surface area contributed by atoms with Crippen molar-refractivity contribution in [2.45, 2.75) is 20.5 Å². The van der Waals surface area contributed by atoms with E-state index in [1.54, 1.807) is 0 Å².